The van der Waals surface area contributed by atoms with Crippen molar-refractivity contribution in [2.45, 2.75) is 32.7 Å². The number of hydrogen-bond donors (Lipinski definition) is 1. The second-order valence-corrected chi connectivity index (χ2v) is 5.78. The van der Waals surface area contributed by atoms with E-state index in [0.29, 0.717) is 12.6 Å². The van der Waals surface area contributed by atoms with E-state index in [1.807, 2.05) is 13.0 Å². The number of hydrogen-bond acceptors (Lipinski definition) is 2. The molecule has 0 aromatic heterocycles. The Labute approximate surface area is 127 Å². The number of rotatable bonds is 6. The molecule has 0 bridgehead atoms. The standard InChI is InChI=1S/C19H23NO/c1-3-21-17-11-12-18(14(2)13-17)20-19(16-9-10-16)15-7-5-4-6-8-15/h4-8,11-13,16,19-20H,3,9-10H2,1-2H3. The summed E-state index contributed by atoms with van der Waals surface area (Å²) in [5.74, 6) is 1.71. The van der Waals surface area contributed by atoms with Crippen LogP contribution in [0.2, 0.25) is 0 Å². The topological polar surface area (TPSA) is 21.3 Å². The fourth-order valence-electron chi connectivity index (χ4n) is 2.79. The minimum Gasteiger partial charge on any atom is -0.494 e. The molecule has 0 radical (unpaired) electrons. The van der Waals surface area contributed by atoms with Gasteiger partial charge in [0.2, 0.25) is 0 Å². The molecule has 1 atom stereocenters. The summed E-state index contributed by atoms with van der Waals surface area (Å²) < 4.78 is 5.56. The van der Waals surface area contributed by atoms with E-state index in [4.69, 9.17) is 4.74 Å². The third-order valence-electron chi connectivity index (χ3n) is 4.07. The molecule has 2 nitrogen and oxygen atoms in total. The zero-order valence-corrected chi connectivity index (χ0v) is 12.8. The summed E-state index contributed by atoms with van der Waals surface area (Å²) in [6.07, 6.45) is 2.64. The predicted molar refractivity (Wildman–Crippen MR) is 87.9 cm³/mol. The largest absolute Gasteiger partial charge is 0.494 e. The fraction of sp³-hybridized carbons (Fsp3) is 0.368. The Bertz CT molecular complexity index is 590. The summed E-state index contributed by atoms with van der Waals surface area (Å²) in [6, 6.07) is 17.5. The normalized spacial score (nSPS) is 15.5. The summed E-state index contributed by atoms with van der Waals surface area (Å²) in [6.45, 7) is 4.86. The quantitative estimate of drug-likeness (QED) is 0.808. The van der Waals surface area contributed by atoms with E-state index in [9.17, 15) is 0 Å². The maximum atomic E-state index is 5.56. The fourth-order valence-corrected chi connectivity index (χ4v) is 2.79. The number of benzene rings is 2. The van der Waals surface area contributed by atoms with Gasteiger partial charge in [-0.2, -0.15) is 0 Å². The lowest BCUT2D eigenvalue weighted by Gasteiger charge is -2.22. The van der Waals surface area contributed by atoms with Gasteiger partial charge in [-0.05, 0) is 61.9 Å². The Morgan fingerprint density at radius 1 is 1.14 bits per heavy atom. The van der Waals surface area contributed by atoms with Crippen molar-refractivity contribution in [1.29, 1.82) is 0 Å². The SMILES string of the molecule is CCOc1ccc(NC(c2ccccc2)C2CC2)c(C)c1. The third-order valence-corrected chi connectivity index (χ3v) is 4.07. The van der Waals surface area contributed by atoms with Crippen LogP contribution >= 0.6 is 0 Å². The molecule has 0 amide bonds. The number of anilines is 1. The molecule has 1 aliphatic carbocycles. The first-order chi connectivity index (χ1) is 10.3. The van der Waals surface area contributed by atoms with Gasteiger partial charge in [0.1, 0.15) is 5.75 Å². The van der Waals surface area contributed by atoms with E-state index in [2.05, 4.69) is 54.7 Å². The Kier molecular flexibility index (Phi) is 4.14. The van der Waals surface area contributed by atoms with Crippen LogP contribution in [0.25, 0.3) is 0 Å². The first kappa shape index (κ1) is 14.0. The Morgan fingerprint density at radius 2 is 1.90 bits per heavy atom. The minimum atomic E-state index is 0.419. The molecule has 2 aromatic carbocycles. The highest BCUT2D eigenvalue weighted by Gasteiger charge is 2.32. The van der Waals surface area contributed by atoms with Gasteiger partial charge in [-0.25, -0.2) is 0 Å². The monoisotopic (exact) mass is 281 g/mol. The van der Waals surface area contributed by atoms with Crippen LogP contribution in [0.4, 0.5) is 5.69 Å². The molecular weight excluding hydrogens is 258 g/mol. The Balaban J connectivity index is 1.80. The average Bonchev–Trinajstić information content (AvgIpc) is 3.32. The highest BCUT2D eigenvalue weighted by atomic mass is 16.5. The molecule has 1 N–H and O–H groups in total. The number of ether oxygens (including phenoxy) is 1. The smallest absolute Gasteiger partial charge is 0.119 e. The van der Waals surface area contributed by atoms with Crippen molar-refractivity contribution in [3.63, 3.8) is 0 Å². The van der Waals surface area contributed by atoms with E-state index in [-0.39, 0.29) is 0 Å². The van der Waals surface area contributed by atoms with Gasteiger partial charge in [0, 0.05) is 5.69 Å². The van der Waals surface area contributed by atoms with Crippen LogP contribution in [0.5, 0.6) is 5.75 Å². The lowest BCUT2D eigenvalue weighted by atomic mass is 10.0. The zero-order valence-electron chi connectivity index (χ0n) is 12.8. The van der Waals surface area contributed by atoms with Gasteiger partial charge in [0.25, 0.3) is 0 Å². The van der Waals surface area contributed by atoms with Gasteiger partial charge in [-0.3, -0.25) is 0 Å². The van der Waals surface area contributed by atoms with Crippen molar-refractivity contribution >= 4 is 5.69 Å². The van der Waals surface area contributed by atoms with E-state index >= 15 is 0 Å². The van der Waals surface area contributed by atoms with Crippen molar-refractivity contribution < 1.29 is 4.74 Å². The zero-order chi connectivity index (χ0) is 14.7. The number of aryl methyl sites for hydroxylation is 1. The highest BCUT2D eigenvalue weighted by molar-refractivity contribution is 5.55. The first-order valence-corrected chi connectivity index (χ1v) is 7.83. The number of nitrogens with one attached hydrogen (secondary N) is 1. The molecule has 1 aliphatic rings. The van der Waals surface area contributed by atoms with Crippen LogP contribution in [0, 0.1) is 12.8 Å². The second-order valence-electron chi connectivity index (χ2n) is 5.78. The highest BCUT2D eigenvalue weighted by Crippen LogP contribution is 2.43. The van der Waals surface area contributed by atoms with Crippen molar-refractivity contribution in [2.24, 2.45) is 5.92 Å². The molecule has 0 spiro atoms. The van der Waals surface area contributed by atoms with E-state index in [1.54, 1.807) is 0 Å². The van der Waals surface area contributed by atoms with Gasteiger partial charge >= 0.3 is 0 Å². The van der Waals surface area contributed by atoms with Gasteiger partial charge < -0.3 is 10.1 Å². The van der Waals surface area contributed by atoms with E-state index in [1.165, 1.54) is 29.7 Å². The van der Waals surface area contributed by atoms with E-state index < -0.39 is 0 Å². The third kappa shape index (κ3) is 3.38. The van der Waals surface area contributed by atoms with Crippen LogP contribution in [-0.2, 0) is 0 Å². The second kappa shape index (κ2) is 6.21. The lowest BCUT2D eigenvalue weighted by molar-refractivity contribution is 0.340. The van der Waals surface area contributed by atoms with Crippen molar-refractivity contribution in [3.05, 3.63) is 59.7 Å². The summed E-state index contributed by atoms with van der Waals surface area (Å²) in [4.78, 5) is 0. The molecule has 2 heteroatoms. The van der Waals surface area contributed by atoms with E-state index in [0.717, 1.165) is 11.7 Å². The average molecular weight is 281 g/mol. The molecule has 110 valence electrons. The molecule has 3 rings (SSSR count). The lowest BCUT2D eigenvalue weighted by Crippen LogP contribution is -2.13. The minimum absolute atomic E-state index is 0.419. The van der Waals surface area contributed by atoms with Crippen molar-refractivity contribution in [1.82, 2.24) is 0 Å². The molecule has 0 aliphatic heterocycles. The van der Waals surface area contributed by atoms with Crippen LogP contribution in [0.3, 0.4) is 0 Å². The molecule has 2 aromatic rings. The van der Waals surface area contributed by atoms with Crippen molar-refractivity contribution in [2.75, 3.05) is 11.9 Å². The van der Waals surface area contributed by atoms with Crippen molar-refractivity contribution in [3.8, 4) is 5.75 Å². The molecular formula is C19H23NO. The van der Waals surface area contributed by atoms with Gasteiger partial charge in [-0.1, -0.05) is 30.3 Å². The maximum absolute atomic E-state index is 5.56. The molecule has 1 fully saturated rings. The summed E-state index contributed by atoms with van der Waals surface area (Å²) in [7, 11) is 0. The maximum Gasteiger partial charge on any atom is 0.119 e. The van der Waals surface area contributed by atoms with Crippen LogP contribution in [0.1, 0.15) is 36.9 Å². The Morgan fingerprint density at radius 3 is 2.52 bits per heavy atom. The molecule has 21 heavy (non-hydrogen) atoms. The van der Waals surface area contributed by atoms with Crippen LogP contribution in [-0.4, -0.2) is 6.61 Å². The first-order valence-electron chi connectivity index (χ1n) is 7.83. The molecule has 1 unspecified atom stereocenters. The van der Waals surface area contributed by atoms with Gasteiger partial charge in [0.05, 0.1) is 12.6 Å². The van der Waals surface area contributed by atoms with Gasteiger partial charge in [-0.15, -0.1) is 0 Å². The predicted octanol–water partition coefficient (Wildman–Crippen LogP) is 4.96. The van der Waals surface area contributed by atoms with Crippen LogP contribution in [0.15, 0.2) is 48.5 Å². The molecule has 1 saturated carbocycles. The Hall–Kier alpha value is -1.96. The molecule has 0 heterocycles. The summed E-state index contributed by atoms with van der Waals surface area (Å²) >= 11 is 0. The summed E-state index contributed by atoms with van der Waals surface area (Å²) in [5.41, 5.74) is 3.83. The van der Waals surface area contributed by atoms with Crippen LogP contribution < -0.4 is 10.1 Å². The van der Waals surface area contributed by atoms with Gasteiger partial charge in [0.15, 0.2) is 0 Å². The summed E-state index contributed by atoms with van der Waals surface area (Å²) in [5, 5.41) is 3.74. The molecule has 0 saturated heterocycles.